The lowest BCUT2D eigenvalue weighted by molar-refractivity contribution is 0.142. The highest BCUT2D eigenvalue weighted by Crippen LogP contribution is 2.25. The van der Waals surface area contributed by atoms with E-state index >= 15 is 0 Å². The van der Waals surface area contributed by atoms with Crippen molar-refractivity contribution >= 4 is 0 Å². The minimum Gasteiger partial charge on any atom is -0.475 e. The van der Waals surface area contributed by atoms with Gasteiger partial charge in [0.15, 0.2) is 0 Å². The molecule has 0 aliphatic carbocycles. The highest BCUT2D eigenvalue weighted by molar-refractivity contribution is 5.31. The molecular formula is C11H18N2O2. The Bertz CT molecular complexity index is 313. The van der Waals surface area contributed by atoms with Gasteiger partial charge >= 0.3 is 0 Å². The van der Waals surface area contributed by atoms with Crippen LogP contribution in [0.25, 0.3) is 0 Å². The van der Waals surface area contributed by atoms with Crippen LogP contribution in [0.5, 0.6) is 5.88 Å². The number of ether oxygens (including phenoxy) is 2. The molecule has 0 aromatic carbocycles. The Hall–Kier alpha value is -1.16. The fraction of sp³-hybridized carbons (Fsp3) is 0.636. The normalized spacial score (nSPS) is 10.7. The third-order valence-electron chi connectivity index (χ3n) is 2.15. The molecule has 0 bridgehead atoms. The first kappa shape index (κ1) is 11.9. The zero-order chi connectivity index (χ0) is 11.3. The van der Waals surface area contributed by atoms with Gasteiger partial charge in [0.25, 0.3) is 0 Å². The van der Waals surface area contributed by atoms with E-state index in [1.54, 1.807) is 7.11 Å². The van der Waals surface area contributed by atoms with Crippen LogP contribution in [0.15, 0.2) is 6.33 Å². The molecule has 0 amide bonds. The number of hydrogen-bond acceptors (Lipinski definition) is 4. The van der Waals surface area contributed by atoms with E-state index in [0.717, 1.165) is 11.3 Å². The van der Waals surface area contributed by atoms with Gasteiger partial charge < -0.3 is 9.47 Å². The van der Waals surface area contributed by atoms with E-state index in [2.05, 4.69) is 23.8 Å². The quantitative estimate of drug-likeness (QED) is 0.697. The first-order chi connectivity index (χ1) is 7.16. The van der Waals surface area contributed by atoms with Crippen molar-refractivity contribution in [3.63, 3.8) is 0 Å². The van der Waals surface area contributed by atoms with Crippen molar-refractivity contribution in [3.8, 4) is 5.88 Å². The summed E-state index contributed by atoms with van der Waals surface area (Å²) in [5.41, 5.74) is 2.06. The summed E-state index contributed by atoms with van der Waals surface area (Å²) in [6.45, 7) is 7.28. The summed E-state index contributed by atoms with van der Waals surface area (Å²) in [5, 5.41) is 0. The molecule has 84 valence electrons. The van der Waals surface area contributed by atoms with Crippen molar-refractivity contribution < 1.29 is 9.47 Å². The predicted molar refractivity (Wildman–Crippen MR) is 58.2 cm³/mol. The molecule has 1 rings (SSSR count). The van der Waals surface area contributed by atoms with Crippen molar-refractivity contribution in [1.82, 2.24) is 9.97 Å². The number of aryl methyl sites for hydroxylation is 1. The van der Waals surface area contributed by atoms with Gasteiger partial charge in [-0.05, 0) is 12.8 Å². The highest BCUT2D eigenvalue weighted by Gasteiger charge is 2.12. The Morgan fingerprint density at radius 3 is 2.60 bits per heavy atom. The highest BCUT2D eigenvalue weighted by atomic mass is 16.5. The third kappa shape index (κ3) is 3.16. The van der Waals surface area contributed by atoms with Crippen LogP contribution in [0.4, 0.5) is 0 Å². The third-order valence-corrected chi connectivity index (χ3v) is 2.15. The van der Waals surface area contributed by atoms with E-state index < -0.39 is 0 Å². The molecule has 0 atom stereocenters. The van der Waals surface area contributed by atoms with Crippen LogP contribution in [0, 0.1) is 6.92 Å². The molecule has 4 heteroatoms. The Morgan fingerprint density at radius 2 is 2.00 bits per heavy atom. The predicted octanol–water partition coefficient (Wildman–Crippen LogP) is 1.93. The molecule has 0 saturated heterocycles. The SMILES string of the molecule is COCCOc1ncnc(C)c1C(C)C. The van der Waals surface area contributed by atoms with E-state index in [0.29, 0.717) is 25.0 Å². The van der Waals surface area contributed by atoms with Gasteiger partial charge in [-0.25, -0.2) is 9.97 Å². The number of rotatable bonds is 5. The minimum atomic E-state index is 0.365. The molecule has 0 aliphatic rings. The van der Waals surface area contributed by atoms with Crippen LogP contribution in [0.1, 0.15) is 31.0 Å². The number of aromatic nitrogens is 2. The minimum absolute atomic E-state index is 0.365. The van der Waals surface area contributed by atoms with E-state index in [9.17, 15) is 0 Å². The molecule has 0 spiro atoms. The van der Waals surface area contributed by atoms with Gasteiger partial charge in [-0.2, -0.15) is 0 Å². The van der Waals surface area contributed by atoms with Crippen molar-refractivity contribution in [1.29, 1.82) is 0 Å². The summed E-state index contributed by atoms with van der Waals surface area (Å²) in [6.07, 6.45) is 1.53. The van der Waals surface area contributed by atoms with E-state index in [4.69, 9.17) is 9.47 Å². The van der Waals surface area contributed by atoms with Crippen molar-refractivity contribution in [3.05, 3.63) is 17.6 Å². The second kappa shape index (κ2) is 5.66. The second-order valence-electron chi connectivity index (χ2n) is 3.67. The average Bonchev–Trinajstić information content (AvgIpc) is 2.17. The fourth-order valence-corrected chi connectivity index (χ4v) is 1.46. The summed E-state index contributed by atoms with van der Waals surface area (Å²) < 4.78 is 10.5. The first-order valence-electron chi connectivity index (χ1n) is 5.10. The maximum Gasteiger partial charge on any atom is 0.220 e. The summed E-state index contributed by atoms with van der Waals surface area (Å²) in [7, 11) is 1.65. The van der Waals surface area contributed by atoms with Gasteiger partial charge in [0.2, 0.25) is 5.88 Å². The van der Waals surface area contributed by atoms with Gasteiger partial charge in [-0.15, -0.1) is 0 Å². The van der Waals surface area contributed by atoms with Gasteiger partial charge in [-0.3, -0.25) is 0 Å². The lowest BCUT2D eigenvalue weighted by Crippen LogP contribution is -2.09. The van der Waals surface area contributed by atoms with Crippen LogP contribution in [-0.2, 0) is 4.74 Å². The average molecular weight is 210 g/mol. The van der Waals surface area contributed by atoms with Gasteiger partial charge in [-0.1, -0.05) is 13.8 Å². The lowest BCUT2D eigenvalue weighted by Gasteiger charge is -2.13. The van der Waals surface area contributed by atoms with Crippen molar-refractivity contribution in [2.45, 2.75) is 26.7 Å². The number of nitrogens with zero attached hydrogens (tertiary/aromatic N) is 2. The molecule has 15 heavy (non-hydrogen) atoms. The summed E-state index contributed by atoms with van der Waals surface area (Å²) in [6, 6.07) is 0. The monoisotopic (exact) mass is 210 g/mol. The number of hydrogen-bond donors (Lipinski definition) is 0. The van der Waals surface area contributed by atoms with Gasteiger partial charge in [0, 0.05) is 18.4 Å². The topological polar surface area (TPSA) is 44.2 Å². The van der Waals surface area contributed by atoms with E-state index in [-0.39, 0.29) is 0 Å². The van der Waals surface area contributed by atoms with Gasteiger partial charge in [0.1, 0.15) is 12.9 Å². The zero-order valence-electron chi connectivity index (χ0n) is 9.78. The largest absolute Gasteiger partial charge is 0.475 e. The van der Waals surface area contributed by atoms with Crippen LogP contribution in [0.2, 0.25) is 0 Å². The van der Waals surface area contributed by atoms with Gasteiger partial charge in [0.05, 0.1) is 6.61 Å². The molecule has 1 aromatic heterocycles. The first-order valence-corrected chi connectivity index (χ1v) is 5.10. The van der Waals surface area contributed by atoms with Crippen molar-refractivity contribution in [2.75, 3.05) is 20.3 Å². The molecule has 4 nitrogen and oxygen atoms in total. The van der Waals surface area contributed by atoms with Crippen LogP contribution in [-0.4, -0.2) is 30.3 Å². The lowest BCUT2D eigenvalue weighted by atomic mass is 10.0. The molecule has 0 N–H and O–H groups in total. The Kier molecular flexibility index (Phi) is 4.49. The van der Waals surface area contributed by atoms with Crippen LogP contribution >= 0.6 is 0 Å². The Balaban J connectivity index is 2.81. The molecule has 0 aliphatic heterocycles. The second-order valence-corrected chi connectivity index (χ2v) is 3.67. The van der Waals surface area contributed by atoms with Crippen LogP contribution < -0.4 is 4.74 Å². The van der Waals surface area contributed by atoms with Crippen molar-refractivity contribution in [2.24, 2.45) is 0 Å². The number of methoxy groups -OCH3 is 1. The Morgan fingerprint density at radius 1 is 1.27 bits per heavy atom. The molecule has 0 fully saturated rings. The summed E-state index contributed by atoms with van der Waals surface area (Å²) in [4.78, 5) is 8.31. The van der Waals surface area contributed by atoms with Crippen LogP contribution in [0.3, 0.4) is 0 Å². The van der Waals surface area contributed by atoms with E-state index in [1.165, 1.54) is 6.33 Å². The smallest absolute Gasteiger partial charge is 0.220 e. The zero-order valence-corrected chi connectivity index (χ0v) is 9.78. The van der Waals surface area contributed by atoms with E-state index in [1.807, 2.05) is 6.92 Å². The molecule has 0 radical (unpaired) electrons. The molecule has 0 unspecified atom stereocenters. The Labute approximate surface area is 90.7 Å². The summed E-state index contributed by atoms with van der Waals surface area (Å²) >= 11 is 0. The summed E-state index contributed by atoms with van der Waals surface area (Å²) in [5.74, 6) is 1.04. The fourth-order valence-electron chi connectivity index (χ4n) is 1.46. The molecule has 1 aromatic rings. The molecule has 1 heterocycles. The standard InChI is InChI=1S/C11H18N2O2/c1-8(2)10-9(3)12-7-13-11(10)15-6-5-14-4/h7-8H,5-6H2,1-4H3. The maximum absolute atomic E-state index is 5.54. The maximum atomic E-state index is 5.54. The molecular weight excluding hydrogens is 192 g/mol. The molecule has 0 saturated carbocycles.